The lowest BCUT2D eigenvalue weighted by Gasteiger charge is -2.33. The average Bonchev–Trinajstić information content (AvgIpc) is 3.76. The number of rotatable bonds is 7. The molecule has 0 spiro atoms. The van der Waals surface area contributed by atoms with E-state index in [1.807, 2.05) is 102 Å². The molecule has 0 bridgehead atoms. The van der Waals surface area contributed by atoms with E-state index in [1.54, 1.807) is 16.2 Å². The number of nitrogens with zero attached hydrogens (tertiary/aromatic N) is 7. The van der Waals surface area contributed by atoms with Crippen molar-refractivity contribution in [2.45, 2.75) is 45.9 Å². The average molecular weight is 596 g/mol. The first kappa shape index (κ1) is 28.4. The molecule has 2 amide bonds. The van der Waals surface area contributed by atoms with Crippen molar-refractivity contribution in [3.8, 4) is 33.2 Å². The van der Waals surface area contributed by atoms with E-state index in [-0.39, 0.29) is 12.5 Å². The minimum Gasteiger partial charge on any atom is -0.465 e. The third-order valence-corrected chi connectivity index (χ3v) is 8.55. The van der Waals surface area contributed by atoms with Gasteiger partial charge in [0.15, 0.2) is 11.6 Å². The van der Waals surface area contributed by atoms with Gasteiger partial charge in [-0.25, -0.2) is 4.79 Å². The molecule has 220 valence electrons. The molecule has 0 saturated carbocycles. The molecule has 3 aromatic heterocycles. The summed E-state index contributed by atoms with van der Waals surface area (Å²) >= 11 is 1.67. The summed E-state index contributed by atoms with van der Waals surface area (Å²) in [4.78, 5) is 29.8. The molecule has 6 rings (SSSR count). The van der Waals surface area contributed by atoms with Gasteiger partial charge in [-0.2, -0.15) is 5.10 Å². The summed E-state index contributed by atoms with van der Waals surface area (Å²) in [5.74, 6) is 1.30. The van der Waals surface area contributed by atoms with E-state index < -0.39 is 11.6 Å². The van der Waals surface area contributed by atoms with Crippen molar-refractivity contribution in [2.75, 3.05) is 13.1 Å². The summed E-state index contributed by atoms with van der Waals surface area (Å²) in [7, 11) is 0. The topological polar surface area (TPSA) is 109 Å². The highest BCUT2D eigenvalue weighted by atomic mass is 32.1. The summed E-state index contributed by atoms with van der Waals surface area (Å²) in [5.41, 5.74) is 3.64. The SMILES string of the molecule is CC(C)(C)N(CCn1nc(-c2ccccc2)cc1-c1nnc2n1CCN(C(=O)c1ccc(-c3cccs3)cc1)C2)C(=O)O. The quantitative estimate of drug-likeness (QED) is 0.248. The number of carbonyl (C=O) groups excluding carboxylic acids is 1. The molecule has 43 heavy (non-hydrogen) atoms. The number of hydrogen-bond donors (Lipinski definition) is 1. The van der Waals surface area contributed by atoms with E-state index in [0.29, 0.717) is 43.4 Å². The number of amides is 2. The van der Waals surface area contributed by atoms with Gasteiger partial charge in [-0.1, -0.05) is 48.5 Å². The molecule has 0 saturated heterocycles. The van der Waals surface area contributed by atoms with Crippen LogP contribution in [-0.4, -0.2) is 70.1 Å². The van der Waals surface area contributed by atoms with Crippen LogP contribution in [0.15, 0.2) is 78.2 Å². The maximum absolute atomic E-state index is 13.4. The Hall–Kier alpha value is -4.77. The zero-order chi connectivity index (χ0) is 30.1. The summed E-state index contributed by atoms with van der Waals surface area (Å²) < 4.78 is 3.85. The number of hydrogen-bond acceptors (Lipinski definition) is 6. The van der Waals surface area contributed by atoms with Gasteiger partial charge < -0.3 is 19.5 Å². The third kappa shape index (κ3) is 5.80. The van der Waals surface area contributed by atoms with Gasteiger partial charge in [0.1, 0.15) is 5.69 Å². The van der Waals surface area contributed by atoms with Crippen LogP contribution in [0.25, 0.3) is 33.2 Å². The normalized spacial score (nSPS) is 13.1. The zero-order valence-corrected chi connectivity index (χ0v) is 25.2. The Balaban J connectivity index is 1.26. The molecular formula is C32H33N7O3S. The van der Waals surface area contributed by atoms with Gasteiger partial charge in [0.05, 0.1) is 18.8 Å². The van der Waals surface area contributed by atoms with Crippen LogP contribution < -0.4 is 0 Å². The van der Waals surface area contributed by atoms with Crippen molar-refractivity contribution in [3.05, 3.63) is 89.6 Å². The zero-order valence-electron chi connectivity index (χ0n) is 24.3. The Bertz CT molecular complexity index is 1740. The van der Waals surface area contributed by atoms with Crippen LogP contribution in [0, 0.1) is 0 Å². The molecule has 1 aliphatic heterocycles. The second kappa shape index (κ2) is 11.5. The number of aromatic nitrogens is 5. The van der Waals surface area contributed by atoms with Crippen LogP contribution in [0.3, 0.4) is 0 Å². The molecule has 11 heteroatoms. The molecule has 0 unspecified atom stereocenters. The fourth-order valence-electron chi connectivity index (χ4n) is 5.35. The van der Waals surface area contributed by atoms with Crippen LogP contribution in [0.5, 0.6) is 0 Å². The molecule has 0 fully saturated rings. The lowest BCUT2D eigenvalue weighted by atomic mass is 10.1. The smallest absolute Gasteiger partial charge is 0.407 e. The van der Waals surface area contributed by atoms with Crippen molar-refractivity contribution >= 4 is 23.3 Å². The van der Waals surface area contributed by atoms with Crippen LogP contribution in [-0.2, 0) is 19.6 Å². The molecule has 10 nitrogen and oxygen atoms in total. The third-order valence-electron chi connectivity index (χ3n) is 7.63. The minimum atomic E-state index is -0.977. The van der Waals surface area contributed by atoms with Crippen molar-refractivity contribution < 1.29 is 14.7 Å². The summed E-state index contributed by atoms with van der Waals surface area (Å²) in [6.07, 6.45) is -0.977. The number of thiophene rings is 1. The first-order valence-corrected chi connectivity index (χ1v) is 15.1. The molecule has 0 radical (unpaired) electrons. The van der Waals surface area contributed by atoms with Gasteiger partial charge in [0.25, 0.3) is 5.91 Å². The standard InChI is InChI=1S/C32H33N7O3S/c1-32(2,3)38(31(41)42)17-18-39-26(20-25(35-39)22-8-5-4-6-9-22)29-34-33-28-21-36(15-16-37(28)29)30(40)24-13-11-23(12-14-24)27-10-7-19-43-27/h4-14,19-20H,15-18,21H2,1-3H3,(H,41,42). The number of carbonyl (C=O) groups is 2. The largest absolute Gasteiger partial charge is 0.465 e. The fourth-order valence-corrected chi connectivity index (χ4v) is 6.09. The van der Waals surface area contributed by atoms with Gasteiger partial charge >= 0.3 is 6.09 Å². The molecule has 1 aliphatic rings. The first-order chi connectivity index (χ1) is 20.7. The van der Waals surface area contributed by atoms with E-state index in [1.165, 1.54) is 9.78 Å². The van der Waals surface area contributed by atoms with Crippen molar-refractivity contribution in [1.82, 2.24) is 34.3 Å². The number of benzene rings is 2. The Morgan fingerprint density at radius 1 is 0.953 bits per heavy atom. The number of carboxylic acid groups (broad SMARTS) is 1. The highest BCUT2D eigenvalue weighted by Crippen LogP contribution is 2.29. The Kier molecular flexibility index (Phi) is 7.57. The predicted octanol–water partition coefficient (Wildman–Crippen LogP) is 5.97. The van der Waals surface area contributed by atoms with Crippen molar-refractivity contribution in [3.63, 3.8) is 0 Å². The second-order valence-electron chi connectivity index (χ2n) is 11.5. The van der Waals surface area contributed by atoms with Crippen molar-refractivity contribution in [2.24, 2.45) is 0 Å². The molecule has 0 aliphatic carbocycles. The van der Waals surface area contributed by atoms with Gasteiger partial charge in [-0.15, -0.1) is 21.5 Å². The predicted molar refractivity (Wildman–Crippen MR) is 166 cm³/mol. The van der Waals surface area contributed by atoms with E-state index in [0.717, 1.165) is 22.5 Å². The molecule has 4 heterocycles. The fraction of sp³-hybridized carbons (Fsp3) is 0.281. The molecule has 5 aromatic rings. The summed E-state index contributed by atoms with van der Waals surface area (Å²) in [5, 5.41) is 25.7. The summed E-state index contributed by atoms with van der Waals surface area (Å²) in [6, 6.07) is 23.6. The van der Waals surface area contributed by atoms with Gasteiger partial charge in [-0.05, 0) is 56.0 Å². The van der Waals surface area contributed by atoms with Crippen LogP contribution in [0.2, 0.25) is 0 Å². The van der Waals surface area contributed by atoms with E-state index in [9.17, 15) is 14.7 Å². The van der Waals surface area contributed by atoms with Gasteiger partial charge in [0, 0.05) is 41.2 Å². The molecule has 1 N–H and O–H groups in total. The van der Waals surface area contributed by atoms with Gasteiger partial charge in [-0.3, -0.25) is 9.48 Å². The molecule has 2 aromatic carbocycles. The van der Waals surface area contributed by atoms with E-state index >= 15 is 0 Å². The molecular weight excluding hydrogens is 562 g/mol. The van der Waals surface area contributed by atoms with Crippen LogP contribution in [0.4, 0.5) is 4.79 Å². The van der Waals surface area contributed by atoms with Crippen LogP contribution >= 0.6 is 11.3 Å². The van der Waals surface area contributed by atoms with E-state index in [4.69, 9.17) is 5.10 Å². The molecule has 0 atom stereocenters. The highest BCUT2D eigenvalue weighted by molar-refractivity contribution is 7.13. The number of fused-ring (bicyclic) bond motifs is 1. The first-order valence-electron chi connectivity index (χ1n) is 14.2. The lowest BCUT2D eigenvalue weighted by molar-refractivity contribution is 0.0707. The summed E-state index contributed by atoms with van der Waals surface area (Å²) in [6.45, 7) is 7.62. The Labute approximate surface area is 253 Å². The Morgan fingerprint density at radius 3 is 2.40 bits per heavy atom. The van der Waals surface area contributed by atoms with E-state index in [2.05, 4.69) is 16.3 Å². The Morgan fingerprint density at radius 2 is 1.72 bits per heavy atom. The van der Waals surface area contributed by atoms with Crippen LogP contribution in [0.1, 0.15) is 37.0 Å². The van der Waals surface area contributed by atoms with Crippen molar-refractivity contribution in [1.29, 1.82) is 0 Å². The monoisotopic (exact) mass is 595 g/mol. The highest BCUT2D eigenvalue weighted by Gasteiger charge is 2.29. The minimum absolute atomic E-state index is 0.0409. The van der Waals surface area contributed by atoms with Gasteiger partial charge in [0.2, 0.25) is 0 Å². The lowest BCUT2D eigenvalue weighted by Crippen LogP contribution is -2.46. The maximum atomic E-state index is 13.4. The maximum Gasteiger partial charge on any atom is 0.407 e. The second-order valence-corrected chi connectivity index (χ2v) is 12.4.